The second-order valence-corrected chi connectivity index (χ2v) is 7.62. The standard InChI is InChI=1S/C23H27N7O2/c1-18-8-12-26-30(18)20-6-4-5-19(17-20)27-23(32)25-11-9-22(31)29-15-13-28(14-16-29)21-7-2-3-10-24-21/h2-8,10,12,17H,9,11,13-16H2,1H3,(H2,25,27,32). The van der Waals surface area contributed by atoms with Crippen LogP contribution >= 0.6 is 0 Å². The van der Waals surface area contributed by atoms with Crippen LogP contribution in [0.5, 0.6) is 0 Å². The van der Waals surface area contributed by atoms with Crippen molar-refractivity contribution in [2.75, 3.05) is 42.9 Å². The van der Waals surface area contributed by atoms with Crippen molar-refractivity contribution in [3.05, 3.63) is 66.6 Å². The van der Waals surface area contributed by atoms with E-state index in [0.717, 1.165) is 30.3 Å². The van der Waals surface area contributed by atoms with Gasteiger partial charge in [-0.1, -0.05) is 12.1 Å². The minimum Gasteiger partial charge on any atom is -0.353 e. The summed E-state index contributed by atoms with van der Waals surface area (Å²) in [6.07, 6.45) is 3.78. The Balaban J connectivity index is 1.20. The van der Waals surface area contributed by atoms with Crippen LogP contribution in [0.15, 0.2) is 60.9 Å². The van der Waals surface area contributed by atoms with Gasteiger partial charge in [-0.05, 0) is 43.3 Å². The van der Waals surface area contributed by atoms with Crippen molar-refractivity contribution >= 4 is 23.4 Å². The lowest BCUT2D eigenvalue weighted by Gasteiger charge is -2.35. The molecule has 1 aliphatic rings. The van der Waals surface area contributed by atoms with Gasteiger partial charge in [0.05, 0.1) is 5.69 Å². The fourth-order valence-corrected chi connectivity index (χ4v) is 3.70. The zero-order valence-corrected chi connectivity index (χ0v) is 18.1. The monoisotopic (exact) mass is 433 g/mol. The van der Waals surface area contributed by atoms with Crippen molar-refractivity contribution in [1.82, 2.24) is 25.0 Å². The van der Waals surface area contributed by atoms with Crippen molar-refractivity contribution in [3.8, 4) is 5.69 Å². The summed E-state index contributed by atoms with van der Waals surface area (Å²) in [5.41, 5.74) is 2.53. The maximum Gasteiger partial charge on any atom is 0.319 e. The lowest BCUT2D eigenvalue weighted by atomic mass is 10.2. The van der Waals surface area contributed by atoms with E-state index in [0.29, 0.717) is 18.8 Å². The van der Waals surface area contributed by atoms with Crippen LogP contribution in [0.1, 0.15) is 12.1 Å². The van der Waals surface area contributed by atoms with Gasteiger partial charge in [-0.15, -0.1) is 0 Å². The molecule has 32 heavy (non-hydrogen) atoms. The summed E-state index contributed by atoms with van der Waals surface area (Å²) in [6, 6.07) is 14.9. The van der Waals surface area contributed by atoms with Crippen molar-refractivity contribution < 1.29 is 9.59 Å². The highest BCUT2D eigenvalue weighted by Gasteiger charge is 2.21. The summed E-state index contributed by atoms with van der Waals surface area (Å²) in [6.45, 7) is 5.06. The normalized spacial score (nSPS) is 13.7. The zero-order valence-electron chi connectivity index (χ0n) is 18.1. The van der Waals surface area contributed by atoms with E-state index >= 15 is 0 Å². The first-order valence-corrected chi connectivity index (χ1v) is 10.7. The third kappa shape index (κ3) is 5.23. The van der Waals surface area contributed by atoms with E-state index in [4.69, 9.17) is 0 Å². The van der Waals surface area contributed by atoms with Gasteiger partial charge < -0.3 is 20.4 Å². The molecule has 0 spiro atoms. The first-order valence-electron chi connectivity index (χ1n) is 10.7. The number of hydrogen-bond donors (Lipinski definition) is 2. The van der Waals surface area contributed by atoms with Crippen LogP contribution in [0, 0.1) is 6.92 Å². The highest BCUT2D eigenvalue weighted by atomic mass is 16.2. The fourth-order valence-electron chi connectivity index (χ4n) is 3.70. The summed E-state index contributed by atoms with van der Waals surface area (Å²) in [5.74, 6) is 0.979. The van der Waals surface area contributed by atoms with Crippen LogP contribution in [-0.4, -0.2) is 64.3 Å². The van der Waals surface area contributed by atoms with Gasteiger partial charge in [-0.2, -0.15) is 5.10 Å². The van der Waals surface area contributed by atoms with Crippen molar-refractivity contribution in [2.24, 2.45) is 0 Å². The molecule has 0 aliphatic carbocycles. The summed E-state index contributed by atoms with van der Waals surface area (Å²) >= 11 is 0. The number of aromatic nitrogens is 3. The van der Waals surface area contributed by atoms with Gasteiger partial charge >= 0.3 is 6.03 Å². The Hall–Kier alpha value is -3.88. The third-order valence-electron chi connectivity index (χ3n) is 5.41. The number of anilines is 2. The van der Waals surface area contributed by atoms with E-state index in [1.165, 1.54) is 0 Å². The van der Waals surface area contributed by atoms with Gasteiger partial charge in [0.2, 0.25) is 5.91 Å². The lowest BCUT2D eigenvalue weighted by molar-refractivity contribution is -0.131. The van der Waals surface area contributed by atoms with Crippen LogP contribution in [0.3, 0.4) is 0 Å². The first kappa shape index (κ1) is 21.4. The molecule has 2 aromatic heterocycles. The molecule has 3 heterocycles. The number of urea groups is 1. The van der Waals surface area contributed by atoms with E-state index < -0.39 is 0 Å². The average molecular weight is 434 g/mol. The van der Waals surface area contributed by atoms with E-state index in [-0.39, 0.29) is 24.9 Å². The molecule has 4 rings (SSSR count). The number of nitrogens with zero attached hydrogens (tertiary/aromatic N) is 5. The Bertz CT molecular complexity index is 1060. The fraction of sp³-hybridized carbons (Fsp3) is 0.304. The summed E-state index contributed by atoms with van der Waals surface area (Å²) in [4.78, 5) is 33.1. The predicted molar refractivity (Wildman–Crippen MR) is 123 cm³/mol. The number of aryl methyl sites for hydroxylation is 1. The highest BCUT2D eigenvalue weighted by Crippen LogP contribution is 2.16. The Morgan fingerprint density at radius 2 is 1.84 bits per heavy atom. The minimum absolute atomic E-state index is 0.0436. The molecule has 9 nitrogen and oxygen atoms in total. The molecular weight excluding hydrogens is 406 g/mol. The molecule has 1 aliphatic heterocycles. The second-order valence-electron chi connectivity index (χ2n) is 7.62. The van der Waals surface area contributed by atoms with Crippen molar-refractivity contribution in [1.29, 1.82) is 0 Å². The quantitative estimate of drug-likeness (QED) is 0.623. The Morgan fingerprint density at radius 3 is 2.56 bits per heavy atom. The van der Waals surface area contributed by atoms with Crippen LogP contribution in [0.2, 0.25) is 0 Å². The SMILES string of the molecule is Cc1ccnn1-c1cccc(NC(=O)NCCC(=O)N2CCN(c3ccccn3)CC2)c1. The molecule has 1 fully saturated rings. The second kappa shape index (κ2) is 9.95. The molecule has 0 bridgehead atoms. The number of benzene rings is 1. The highest BCUT2D eigenvalue weighted by molar-refractivity contribution is 5.90. The molecule has 1 saturated heterocycles. The molecular formula is C23H27N7O2. The number of amides is 3. The smallest absolute Gasteiger partial charge is 0.319 e. The maximum atomic E-state index is 12.5. The number of carbonyl (C=O) groups is 2. The Kier molecular flexibility index (Phi) is 6.64. The lowest BCUT2D eigenvalue weighted by Crippen LogP contribution is -2.49. The molecule has 9 heteroatoms. The molecule has 166 valence electrons. The summed E-state index contributed by atoms with van der Waals surface area (Å²) < 4.78 is 1.80. The van der Waals surface area contributed by atoms with Crippen LogP contribution < -0.4 is 15.5 Å². The first-order chi connectivity index (χ1) is 15.6. The van der Waals surface area contributed by atoms with Gasteiger partial charge in [-0.25, -0.2) is 14.5 Å². The molecule has 1 aromatic carbocycles. The van der Waals surface area contributed by atoms with E-state index in [1.54, 1.807) is 17.1 Å². The zero-order chi connectivity index (χ0) is 22.3. The van der Waals surface area contributed by atoms with Crippen LogP contribution in [0.25, 0.3) is 5.69 Å². The molecule has 3 amide bonds. The largest absolute Gasteiger partial charge is 0.353 e. The van der Waals surface area contributed by atoms with E-state index in [1.807, 2.05) is 60.4 Å². The number of rotatable bonds is 6. The van der Waals surface area contributed by atoms with Crippen LogP contribution in [0.4, 0.5) is 16.3 Å². The molecule has 0 saturated carbocycles. The van der Waals surface area contributed by atoms with Gasteiger partial charge in [0.15, 0.2) is 0 Å². The number of carbonyl (C=O) groups excluding carboxylic acids is 2. The molecule has 3 aromatic rings. The maximum absolute atomic E-state index is 12.5. The van der Waals surface area contributed by atoms with E-state index in [9.17, 15) is 9.59 Å². The molecule has 0 radical (unpaired) electrons. The average Bonchev–Trinajstić information content (AvgIpc) is 3.26. The third-order valence-corrected chi connectivity index (χ3v) is 5.41. The number of hydrogen-bond acceptors (Lipinski definition) is 5. The van der Waals surface area contributed by atoms with Crippen LogP contribution in [-0.2, 0) is 4.79 Å². The topological polar surface area (TPSA) is 95.4 Å². The van der Waals surface area contributed by atoms with Gasteiger partial charge in [-0.3, -0.25) is 4.79 Å². The molecule has 2 N–H and O–H groups in total. The summed E-state index contributed by atoms with van der Waals surface area (Å²) in [7, 11) is 0. The number of nitrogens with one attached hydrogen (secondary N) is 2. The number of piperazine rings is 1. The van der Waals surface area contributed by atoms with Crippen molar-refractivity contribution in [3.63, 3.8) is 0 Å². The summed E-state index contributed by atoms with van der Waals surface area (Å²) in [5, 5.41) is 9.85. The Labute approximate surface area is 187 Å². The van der Waals surface area contributed by atoms with Gasteiger partial charge in [0, 0.05) is 62.9 Å². The predicted octanol–water partition coefficient (Wildman–Crippen LogP) is 2.44. The molecule has 0 atom stereocenters. The number of pyridine rings is 1. The van der Waals surface area contributed by atoms with Gasteiger partial charge in [0.25, 0.3) is 0 Å². The Morgan fingerprint density at radius 1 is 1.00 bits per heavy atom. The van der Waals surface area contributed by atoms with E-state index in [2.05, 4.69) is 25.6 Å². The van der Waals surface area contributed by atoms with Gasteiger partial charge in [0.1, 0.15) is 5.82 Å². The van der Waals surface area contributed by atoms with Crippen molar-refractivity contribution in [2.45, 2.75) is 13.3 Å². The molecule has 0 unspecified atom stereocenters. The minimum atomic E-state index is -0.341.